The molecule has 0 amide bonds. The van der Waals surface area contributed by atoms with Crippen LogP contribution in [-0.2, 0) is 0 Å². The van der Waals surface area contributed by atoms with E-state index in [0.717, 1.165) is 0 Å². The first-order valence-corrected chi connectivity index (χ1v) is 5.55. The van der Waals surface area contributed by atoms with E-state index in [2.05, 4.69) is 4.98 Å². The van der Waals surface area contributed by atoms with Gasteiger partial charge in [0.25, 0.3) is 5.69 Å². The van der Waals surface area contributed by atoms with Gasteiger partial charge < -0.3 is 0 Å². The van der Waals surface area contributed by atoms with Gasteiger partial charge in [0, 0.05) is 23.9 Å². The number of nitrogens with zero attached hydrogens (tertiary/aromatic N) is 2. The van der Waals surface area contributed by atoms with Crippen LogP contribution in [0.5, 0.6) is 0 Å². The van der Waals surface area contributed by atoms with E-state index in [1.54, 1.807) is 24.4 Å². The molecule has 0 bridgehead atoms. The summed E-state index contributed by atoms with van der Waals surface area (Å²) < 4.78 is 0. The van der Waals surface area contributed by atoms with Crippen molar-refractivity contribution in [3.8, 4) is 0 Å². The van der Waals surface area contributed by atoms with Gasteiger partial charge in [-0.2, -0.15) is 0 Å². The third kappa shape index (κ3) is 3.32. The lowest BCUT2D eigenvalue weighted by Gasteiger charge is -1.95. The highest BCUT2D eigenvalue weighted by Crippen LogP contribution is 2.12. The molecule has 0 saturated heterocycles. The Hall–Kier alpha value is -2.82. The Morgan fingerprint density at radius 1 is 1.16 bits per heavy atom. The molecule has 0 spiro atoms. The smallest absolute Gasteiger partial charge is 0.269 e. The molecule has 1 aromatic carbocycles. The molecule has 2 rings (SSSR count). The van der Waals surface area contributed by atoms with Crippen LogP contribution in [0.25, 0.3) is 6.08 Å². The number of allylic oxidation sites excluding steroid dienone is 1. The highest BCUT2D eigenvalue weighted by molar-refractivity contribution is 6.06. The lowest BCUT2D eigenvalue weighted by atomic mass is 10.1. The molecule has 1 aromatic heterocycles. The summed E-state index contributed by atoms with van der Waals surface area (Å²) in [6, 6.07) is 10.9. The predicted molar refractivity (Wildman–Crippen MR) is 70.7 cm³/mol. The van der Waals surface area contributed by atoms with E-state index in [0.29, 0.717) is 11.3 Å². The Morgan fingerprint density at radius 3 is 2.47 bits per heavy atom. The van der Waals surface area contributed by atoms with Gasteiger partial charge in [0.05, 0.1) is 10.6 Å². The Morgan fingerprint density at radius 2 is 1.89 bits per heavy atom. The van der Waals surface area contributed by atoms with Crippen molar-refractivity contribution in [2.24, 2.45) is 0 Å². The van der Waals surface area contributed by atoms with Crippen molar-refractivity contribution in [3.63, 3.8) is 0 Å². The fourth-order valence-corrected chi connectivity index (χ4v) is 1.48. The Bertz CT molecular complexity index is 619. The molecule has 5 nitrogen and oxygen atoms in total. The molecule has 0 aliphatic carbocycles. The second-order valence-corrected chi connectivity index (χ2v) is 3.76. The minimum absolute atomic E-state index is 0.0368. The van der Waals surface area contributed by atoms with Crippen molar-refractivity contribution in [1.82, 2.24) is 4.98 Å². The molecule has 1 heterocycles. The summed E-state index contributed by atoms with van der Waals surface area (Å²) in [5, 5.41) is 10.5. The molecule has 0 saturated carbocycles. The van der Waals surface area contributed by atoms with Gasteiger partial charge in [0.1, 0.15) is 0 Å². The molecule has 0 aliphatic heterocycles. The normalized spacial score (nSPS) is 10.5. The Balaban J connectivity index is 2.12. The van der Waals surface area contributed by atoms with Crippen LogP contribution in [0.15, 0.2) is 54.7 Å². The van der Waals surface area contributed by atoms with Crippen LogP contribution >= 0.6 is 0 Å². The minimum atomic E-state index is -0.502. The van der Waals surface area contributed by atoms with Gasteiger partial charge in [-0.3, -0.25) is 19.9 Å². The summed E-state index contributed by atoms with van der Waals surface area (Å²) in [6.07, 6.45) is 4.63. The lowest BCUT2D eigenvalue weighted by Crippen LogP contribution is -1.95. The minimum Gasteiger partial charge on any atom is -0.289 e. The number of hydrogen-bond acceptors (Lipinski definition) is 4. The van der Waals surface area contributed by atoms with Gasteiger partial charge in [-0.05, 0) is 36.4 Å². The molecule has 2 aromatic rings. The average Bonchev–Trinajstić information content (AvgIpc) is 2.46. The van der Waals surface area contributed by atoms with Crippen LogP contribution in [0.1, 0.15) is 16.1 Å². The van der Waals surface area contributed by atoms with E-state index in [1.165, 1.54) is 30.3 Å². The number of ketones is 1. The number of hydrogen-bond donors (Lipinski definition) is 0. The van der Waals surface area contributed by atoms with Crippen LogP contribution < -0.4 is 0 Å². The summed E-state index contributed by atoms with van der Waals surface area (Å²) in [7, 11) is 0. The van der Waals surface area contributed by atoms with Crippen LogP contribution in [0.4, 0.5) is 5.69 Å². The Labute approximate surface area is 109 Å². The van der Waals surface area contributed by atoms with Gasteiger partial charge in [-0.1, -0.05) is 6.07 Å². The number of rotatable bonds is 4. The van der Waals surface area contributed by atoms with Gasteiger partial charge in [-0.15, -0.1) is 0 Å². The monoisotopic (exact) mass is 254 g/mol. The van der Waals surface area contributed by atoms with Crippen molar-refractivity contribution in [2.45, 2.75) is 0 Å². The molecule has 19 heavy (non-hydrogen) atoms. The summed E-state index contributed by atoms with van der Waals surface area (Å²) in [5.41, 5.74) is 1.04. The van der Waals surface area contributed by atoms with E-state index in [4.69, 9.17) is 0 Å². The van der Waals surface area contributed by atoms with E-state index in [1.807, 2.05) is 6.07 Å². The number of pyridine rings is 1. The fourth-order valence-electron chi connectivity index (χ4n) is 1.48. The number of benzene rings is 1. The van der Waals surface area contributed by atoms with Crippen LogP contribution in [0, 0.1) is 10.1 Å². The average molecular weight is 254 g/mol. The van der Waals surface area contributed by atoms with Gasteiger partial charge in [0.2, 0.25) is 0 Å². The second-order valence-electron chi connectivity index (χ2n) is 3.76. The maximum atomic E-state index is 11.8. The standard InChI is InChI=1S/C14H10N2O3/c17-14(9-6-12-3-1-2-10-15-12)11-4-7-13(8-5-11)16(18)19/h1-10H/b9-6+. The van der Waals surface area contributed by atoms with Crippen molar-refractivity contribution in [2.75, 3.05) is 0 Å². The predicted octanol–water partition coefficient (Wildman–Crippen LogP) is 2.89. The number of nitro benzene ring substituents is 1. The van der Waals surface area contributed by atoms with Crippen LogP contribution in [0.3, 0.4) is 0 Å². The van der Waals surface area contributed by atoms with E-state index in [9.17, 15) is 14.9 Å². The molecule has 0 N–H and O–H groups in total. The third-order valence-electron chi connectivity index (χ3n) is 2.46. The number of carbonyl (C=O) groups is 1. The van der Waals surface area contributed by atoms with Crippen molar-refractivity contribution in [1.29, 1.82) is 0 Å². The zero-order valence-electron chi connectivity index (χ0n) is 9.89. The topological polar surface area (TPSA) is 73.1 Å². The number of aromatic nitrogens is 1. The van der Waals surface area contributed by atoms with Crippen molar-refractivity contribution >= 4 is 17.5 Å². The number of non-ortho nitro benzene ring substituents is 1. The van der Waals surface area contributed by atoms with E-state index < -0.39 is 4.92 Å². The van der Waals surface area contributed by atoms with Crippen molar-refractivity contribution < 1.29 is 9.72 Å². The van der Waals surface area contributed by atoms with Crippen LogP contribution in [0.2, 0.25) is 0 Å². The quantitative estimate of drug-likeness (QED) is 0.364. The summed E-state index contributed by atoms with van der Waals surface area (Å²) >= 11 is 0. The largest absolute Gasteiger partial charge is 0.289 e. The second kappa shape index (κ2) is 5.68. The lowest BCUT2D eigenvalue weighted by molar-refractivity contribution is -0.384. The highest BCUT2D eigenvalue weighted by atomic mass is 16.6. The first kappa shape index (κ1) is 12.6. The molecule has 94 valence electrons. The van der Waals surface area contributed by atoms with Crippen LogP contribution in [-0.4, -0.2) is 15.7 Å². The SMILES string of the molecule is O=C(/C=C/c1ccccn1)c1ccc([N+](=O)[O-])cc1. The molecule has 5 heteroatoms. The van der Waals surface area contributed by atoms with E-state index >= 15 is 0 Å². The maximum Gasteiger partial charge on any atom is 0.269 e. The molecule has 0 fully saturated rings. The van der Waals surface area contributed by atoms with Gasteiger partial charge in [-0.25, -0.2) is 0 Å². The zero-order chi connectivity index (χ0) is 13.7. The summed E-state index contributed by atoms with van der Waals surface area (Å²) in [5.74, 6) is -0.222. The van der Waals surface area contributed by atoms with Gasteiger partial charge in [0.15, 0.2) is 5.78 Å². The number of nitro groups is 1. The van der Waals surface area contributed by atoms with E-state index in [-0.39, 0.29) is 11.5 Å². The molecule has 0 radical (unpaired) electrons. The zero-order valence-corrected chi connectivity index (χ0v) is 9.89. The van der Waals surface area contributed by atoms with Gasteiger partial charge >= 0.3 is 0 Å². The first-order chi connectivity index (χ1) is 9.16. The molecular weight excluding hydrogens is 244 g/mol. The molecule has 0 aliphatic rings. The molecule has 0 unspecified atom stereocenters. The molecule has 0 atom stereocenters. The molecular formula is C14H10N2O3. The summed E-state index contributed by atoms with van der Waals surface area (Å²) in [6.45, 7) is 0. The number of carbonyl (C=O) groups excluding carboxylic acids is 1. The summed E-state index contributed by atoms with van der Waals surface area (Å²) in [4.78, 5) is 25.9. The first-order valence-electron chi connectivity index (χ1n) is 5.55. The fraction of sp³-hybridized carbons (Fsp3) is 0. The Kier molecular flexibility index (Phi) is 3.78. The van der Waals surface area contributed by atoms with Crippen molar-refractivity contribution in [3.05, 3.63) is 76.1 Å². The highest BCUT2D eigenvalue weighted by Gasteiger charge is 2.07. The third-order valence-corrected chi connectivity index (χ3v) is 2.46. The maximum absolute atomic E-state index is 11.8.